The van der Waals surface area contributed by atoms with Crippen LogP contribution >= 0.6 is 0 Å². The molecular weight excluding hydrogens is 500 g/mol. The highest BCUT2D eigenvalue weighted by Gasteiger charge is 2.37. The maximum absolute atomic E-state index is 14.0. The predicted molar refractivity (Wildman–Crippen MR) is 149 cm³/mol. The summed E-state index contributed by atoms with van der Waals surface area (Å²) in [5.41, 5.74) is 6.44. The quantitative estimate of drug-likeness (QED) is 0.297. The van der Waals surface area contributed by atoms with Crippen LogP contribution in [0.25, 0.3) is 0 Å². The highest BCUT2D eigenvalue weighted by atomic mass is 16.6. The largest absolute Gasteiger partial charge is 0.508 e. The van der Waals surface area contributed by atoms with Gasteiger partial charge in [0, 0.05) is 12.2 Å². The number of phenolic OH excluding ortho intramolecular Hbond substituents is 1. The molecule has 4 amide bonds. The van der Waals surface area contributed by atoms with Crippen LogP contribution < -0.4 is 16.4 Å². The zero-order chi connectivity index (χ0) is 29.2. The molecule has 39 heavy (non-hydrogen) atoms. The van der Waals surface area contributed by atoms with Gasteiger partial charge in [0.05, 0.1) is 6.42 Å². The van der Waals surface area contributed by atoms with Crippen molar-refractivity contribution in [1.29, 1.82) is 0 Å². The van der Waals surface area contributed by atoms with Crippen molar-refractivity contribution in [1.82, 2.24) is 10.2 Å². The first-order valence-corrected chi connectivity index (χ1v) is 13.1. The average molecular weight is 541 g/mol. The minimum absolute atomic E-state index is 0.00105. The smallest absolute Gasteiger partial charge is 0.408 e. The van der Waals surface area contributed by atoms with Gasteiger partial charge in [0.1, 0.15) is 23.4 Å². The standard InChI is InChI=1S/C29H40N4O6/c1-6-7-10-17-33(27(37)23(18-24(30)35)32-28(38)39-29(3,4)5)25(20-13-15-21(34)16-14-20)26(36)31-22-12-9-8-11-19(22)2/h8-9,11-16,23,25,34H,6-7,10,17-18H2,1-5H3,(H2,30,35)(H,31,36)(H,32,38). The van der Waals surface area contributed by atoms with Crippen molar-refractivity contribution in [2.75, 3.05) is 11.9 Å². The van der Waals surface area contributed by atoms with Gasteiger partial charge in [-0.2, -0.15) is 0 Å². The molecule has 0 spiro atoms. The molecule has 0 heterocycles. The van der Waals surface area contributed by atoms with E-state index in [0.29, 0.717) is 17.7 Å². The molecule has 2 aromatic carbocycles. The number of rotatable bonds is 12. The summed E-state index contributed by atoms with van der Waals surface area (Å²) < 4.78 is 5.30. The first-order chi connectivity index (χ1) is 18.3. The fraction of sp³-hybridized carbons (Fsp3) is 0.448. The molecule has 2 atom stereocenters. The molecule has 0 aliphatic heterocycles. The van der Waals surface area contributed by atoms with E-state index in [9.17, 15) is 24.3 Å². The molecule has 0 aliphatic rings. The molecule has 0 saturated carbocycles. The molecule has 10 heteroatoms. The van der Waals surface area contributed by atoms with E-state index in [1.807, 2.05) is 26.0 Å². The summed E-state index contributed by atoms with van der Waals surface area (Å²) in [4.78, 5) is 53.6. The third-order valence-electron chi connectivity index (χ3n) is 5.85. The van der Waals surface area contributed by atoms with Gasteiger partial charge < -0.3 is 31.1 Å². The van der Waals surface area contributed by atoms with Gasteiger partial charge in [-0.15, -0.1) is 0 Å². The van der Waals surface area contributed by atoms with Gasteiger partial charge in [0.2, 0.25) is 11.8 Å². The van der Waals surface area contributed by atoms with Crippen LogP contribution in [0, 0.1) is 6.92 Å². The lowest BCUT2D eigenvalue weighted by Crippen LogP contribution is -2.53. The SMILES string of the molecule is CCCCCN(C(=O)C(CC(N)=O)NC(=O)OC(C)(C)C)C(C(=O)Nc1ccccc1C)c1ccc(O)cc1. The Morgan fingerprint density at radius 1 is 1.03 bits per heavy atom. The molecule has 0 saturated heterocycles. The van der Waals surface area contributed by atoms with Crippen LogP contribution in [0.2, 0.25) is 0 Å². The number of nitrogens with two attached hydrogens (primary N) is 1. The number of unbranched alkanes of at least 4 members (excludes halogenated alkanes) is 2. The summed E-state index contributed by atoms with van der Waals surface area (Å²) in [5, 5.41) is 15.2. The number of nitrogens with zero attached hydrogens (tertiary/aromatic N) is 1. The van der Waals surface area contributed by atoms with Crippen LogP contribution in [0.15, 0.2) is 48.5 Å². The van der Waals surface area contributed by atoms with E-state index in [0.717, 1.165) is 18.4 Å². The van der Waals surface area contributed by atoms with Gasteiger partial charge in [0.25, 0.3) is 5.91 Å². The lowest BCUT2D eigenvalue weighted by Gasteiger charge is -2.34. The van der Waals surface area contributed by atoms with E-state index in [1.165, 1.54) is 17.0 Å². The van der Waals surface area contributed by atoms with E-state index in [-0.39, 0.29) is 12.3 Å². The Morgan fingerprint density at radius 2 is 1.67 bits per heavy atom. The average Bonchev–Trinajstić information content (AvgIpc) is 2.83. The fourth-order valence-corrected chi connectivity index (χ4v) is 3.99. The van der Waals surface area contributed by atoms with Gasteiger partial charge in [0.15, 0.2) is 0 Å². The number of aromatic hydroxyl groups is 1. The second-order valence-corrected chi connectivity index (χ2v) is 10.4. The Labute approximate surface area is 229 Å². The second-order valence-electron chi connectivity index (χ2n) is 10.4. The number of hydrogen-bond acceptors (Lipinski definition) is 6. The lowest BCUT2D eigenvalue weighted by molar-refractivity contribution is -0.142. The minimum Gasteiger partial charge on any atom is -0.508 e. The molecule has 5 N–H and O–H groups in total. The molecule has 0 bridgehead atoms. The number of amides is 4. The molecule has 0 aromatic heterocycles. The molecule has 0 fully saturated rings. The highest BCUT2D eigenvalue weighted by Crippen LogP contribution is 2.27. The normalized spacial score (nSPS) is 12.6. The van der Waals surface area contributed by atoms with Crippen molar-refractivity contribution in [2.24, 2.45) is 5.73 Å². The molecule has 0 radical (unpaired) electrons. The van der Waals surface area contributed by atoms with Crippen LogP contribution in [0.3, 0.4) is 0 Å². The first-order valence-electron chi connectivity index (χ1n) is 13.1. The Balaban J connectivity index is 2.54. The second kappa shape index (κ2) is 14.2. The van der Waals surface area contributed by atoms with Gasteiger partial charge >= 0.3 is 6.09 Å². The lowest BCUT2D eigenvalue weighted by atomic mass is 10.0. The number of phenols is 1. The third-order valence-corrected chi connectivity index (χ3v) is 5.85. The number of alkyl carbamates (subject to hydrolysis) is 1. The number of hydrogen-bond donors (Lipinski definition) is 4. The van der Waals surface area contributed by atoms with Gasteiger partial charge in [-0.3, -0.25) is 14.4 Å². The summed E-state index contributed by atoms with van der Waals surface area (Å²) in [5.74, 6) is -1.95. The zero-order valence-electron chi connectivity index (χ0n) is 23.3. The molecule has 2 unspecified atom stereocenters. The van der Waals surface area contributed by atoms with Gasteiger partial charge in [-0.1, -0.05) is 50.1 Å². The number of anilines is 1. The first kappa shape index (κ1) is 31.1. The van der Waals surface area contributed by atoms with E-state index < -0.39 is 47.9 Å². The number of nitrogens with one attached hydrogen (secondary N) is 2. The topological polar surface area (TPSA) is 151 Å². The van der Waals surface area contributed by atoms with Crippen molar-refractivity contribution >= 4 is 29.5 Å². The van der Waals surface area contributed by atoms with E-state index in [2.05, 4.69) is 10.6 Å². The molecule has 0 aliphatic carbocycles. The van der Waals surface area contributed by atoms with Crippen molar-refractivity contribution in [3.8, 4) is 5.75 Å². The minimum atomic E-state index is -1.36. The van der Waals surface area contributed by atoms with Crippen molar-refractivity contribution in [3.63, 3.8) is 0 Å². The van der Waals surface area contributed by atoms with Crippen LogP contribution in [0.1, 0.15) is 70.5 Å². The Kier molecular flexibility index (Phi) is 11.3. The van der Waals surface area contributed by atoms with Crippen LogP contribution in [-0.2, 0) is 19.1 Å². The highest BCUT2D eigenvalue weighted by molar-refractivity contribution is 6.00. The molecule has 2 rings (SSSR count). The number of para-hydroxylation sites is 1. The number of benzene rings is 2. The monoisotopic (exact) mass is 540 g/mol. The molecule has 10 nitrogen and oxygen atoms in total. The van der Waals surface area contributed by atoms with Crippen molar-refractivity contribution in [3.05, 3.63) is 59.7 Å². The third kappa shape index (κ3) is 9.96. The van der Waals surface area contributed by atoms with E-state index in [1.54, 1.807) is 45.0 Å². The maximum atomic E-state index is 14.0. The Bertz CT molecular complexity index is 1140. The molecule has 212 valence electrons. The number of carbonyl (C=O) groups is 4. The van der Waals surface area contributed by atoms with Gasteiger partial charge in [-0.05, 0) is 63.4 Å². The van der Waals surface area contributed by atoms with E-state index >= 15 is 0 Å². The number of carbonyl (C=O) groups excluding carboxylic acids is 4. The predicted octanol–water partition coefficient (Wildman–Crippen LogP) is 4.17. The summed E-state index contributed by atoms with van der Waals surface area (Å²) in [6.07, 6.45) is 0.850. The van der Waals surface area contributed by atoms with E-state index in [4.69, 9.17) is 10.5 Å². The van der Waals surface area contributed by atoms with Crippen LogP contribution in [0.5, 0.6) is 5.75 Å². The van der Waals surface area contributed by atoms with Gasteiger partial charge in [-0.25, -0.2) is 4.79 Å². The Hall–Kier alpha value is -4.08. The molecular formula is C29H40N4O6. The van der Waals surface area contributed by atoms with Crippen LogP contribution in [0.4, 0.5) is 10.5 Å². The summed E-state index contributed by atoms with van der Waals surface area (Å²) in [6, 6.07) is 10.7. The van der Waals surface area contributed by atoms with Crippen molar-refractivity contribution < 1.29 is 29.0 Å². The summed E-state index contributed by atoms with van der Waals surface area (Å²) >= 11 is 0. The number of primary amides is 1. The summed E-state index contributed by atoms with van der Waals surface area (Å²) in [6.45, 7) is 9.05. The maximum Gasteiger partial charge on any atom is 0.408 e. The fourth-order valence-electron chi connectivity index (χ4n) is 3.99. The van der Waals surface area contributed by atoms with Crippen molar-refractivity contribution in [2.45, 2.75) is 78.0 Å². The number of aryl methyl sites for hydroxylation is 1. The summed E-state index contributed by atoms with van der Waals surface area (Å²) in [7, 11) is 0. The Morgan fingerprint density at radius 3 is 2.23 bits per heavy atom. The zero-order valence-corrected chi connectivity index (χ0v) is 23.3. The molecule has 2 aromatic rings. The van der Waals surface area contributed by atoms with Crippen LogP contribution in [-0.4, -0.2) is 52.0 Å². The number of ether oxygens (including phenoxy) is 1.